The van der Waals surface area contributed by atoms with Gasteiger partial charge in [-0.1, -0.05) is 72.8 Å². The minimum Gasteiger partial charge on any atom is -0.311 e. The molecule has 0 unspecified atom stereocenters. The topological polar surface area (TPSA) is 39.9 Å². The molecule has 0 fully saturated rings. The van der Waals surface area contributed by atoms with Crippen molar-refractivity contribution in [3.05, 3.63) is 145 Å². The maximum Gasteiger partial charge on any atom is 0.0998 e. The lowest BCUT2D eigenvalue weighted by molar-refractivity contribution is 1.28. The molecule has 3 nitrogen and oxygen atoms in total. The number of para-hydroxylation sites is 2. The van der Waals surface area contributed by atoms with Crippen molar-refractivity contribution in [3.8, 4) is 17.2 Å². The number of benzene rings is 4. The summed E-state index contributed by atoms with van der Waals surface area (Å²) in [6.45, 7) is 0. The Bertz CT molecular complexity index is 1410. The second kappa shape index (κ2) is 10.3. The summed E-state index contributed by atoms with van der Waals surface area (Å²) in [6, 6.07) is 43.3. The van der Waals surface area contributed by atoms with Crippen LogP contribution in [0.1, 0.15) is 11.1 Å². The molecule has 0 spiro atoms. The third kappa shape index (κ3) is 5.03. The summed E-state index contributed by atoms with van der Waals surface area (Å²) in [5, 5.41) is 9.83. The van der Waals surface area contributed by atoms with Crippen molar-refractivity contribution in [2.75, 3.05) is 4.90 Å². The lowest BCUT2D eigenvalue weighted by Crippen LogP contribution is -2.09. The number of nitrogens with zero attached hydrogens (tertiary/aromatic N) is 3. The van der Waals surface area contributed by atoms with E-state index in [4.69, 9.17) is 0 Å². The summed E-state index contributed by atoms with van der Waals surface area (Å²) in [5.74, 6) is 0. The van der Waals surface area contributed by atoms with E-state index < -0.39 is 0 Å². The first-order valence-electron chi connectivity index (χ1n) is 11.4. The number of rotatable bonds is 6. The normalized spacial score (nSPS) is 11.0. The van der Waals surface area contributed by atoms with Gasteiger partial charge in [-0.3, -0.25) is 4.98 Å². The molecule has 35 heavy (non-hydrogen) atoms. The minimum absolute atomic E-state index is 0.627. The number of anilines is 3. The highest BCUT2D eigenvalue weighted by Crippen LogP contribution is 2.34. The van der Waals surface area contributed by atoms with Gasteiger partial charge in [-0.25, -0.2) is 0 Å². The molecule has 4 aromatic carbocycles. The molecular formula is C32H23N3. The first kappa shape index (κ1) is 21.9. The predicted molar refractivity (Wildman–Crippen MR) is 144 cm³/mol. The molecule has 0 radical (unpaired) electrons. The van der Waals surface area contributed by atoms with Gasteiger partial charge in [0.05, 0.1) is 11.6 Å². The van der Waals surface area contributed by atoms with E-state index in [0.717, 1.165) is 39.3 Å². The van der Waals surface area contributed by atoms with Gasteiger partial charge in [-0.2, -0.15) is 5.26 Å². The second-order valence-corrected chi connectivity index (χ2v) is 8.08. The van der Waals surface area contributed by atoms with Crippen LogP contribution in [0, 0.1) is 11.3 Å². The van der Waals surface area contributed by atoms with E-state index in [9.17, 15) is 5.26 Å². The van der Waals surface area contributed by atoms with Gasteiger partial charge in [-0.05, 0) is 76.9 Å². The van der Waals surface area contributed by atoms with E-state index in [0.29, 0.717) is 5.57 Å². The lowest BCUT2D eigenvalue weighted by atomic mass is 10.00. The van der Waals surface area contributed by atoms with Crippen LogP contribution in [0.15, 0.2) is 134 Å². The Morgan fingerprint density at radius 2 is 1.11 bits per heavy atom. The quantitative estimate of drug-likeness (QED) is 0.193. The SMILES string of the molecule is N#C/C(=C\c1ccc(N(c2ccccc2)c2ccccc2)cc1)c1ccc(-c2ccncc2)cc1. The Labute approximate surface area is 205 Å². The third-order valence-corrected chi connectivity index (χ3v) is 5.82. The second-order valence-electron chi connectivity index (χ2n) is 8.08. The van der Waals surface area contributed by atoms with E-state index in [1.54, 1.807) is 12.4 Å². The maximum absolute atomic E-state index is 9.83. The highest BCUT2D eigenvalue weighted by atomic mass is 15.1. The lowest BCUT2D eigenvalue weighted by Gasteiger charge is -2.25. The van der Waals surface area contributed by atoms with Gasteiger partial charge in [0, 0.05) is 29.5 Å². The van der Waals surface area contributed by atoms with Crippen molar-refractivity contribution >= 4 is 28.7 Å². The van der Waals surface area contributed by atoms with E-state index >= 15 is 0 Å². The van der Waals surface area contributed by atoms with Gasteiger partial charge < -0.3 is 4.90 Å². The zero-order chi connectivity index (χ0) is 23.9. The van der Waals surface area contributed by atoms with Gasteiger partial charge in [0.2, 0.25) is 0 Å². The van der Waals surface area contributed by atoms with E-state index in [2.05, 4.69) is 64.5 Å². The average Bonchev–Trinajstić information content (AvgIpc) is 2.94. The molecule has 0 N–H and O–H groups in total. The maximum atomic E-state index is 9.83. The predicted octanol–water partition coefficient (Wildman–Crippen LogP) is 8.28. The van der Waals surface area contributed by atoms with Gasteiger partial charge in [0.15, 0.2) is 0 Å². The van der Waals surface area contributed by atoms with Crippen molar-refractivity contribution in [1.82, 2.24) is 4.98 Å². The van der Waals surface area contributed by atoms with Crippen LogP contribution in [0.4, 0.5) is 17.1 Å². The zero-order valence-corrected chi connectivity index (χ0v) is 19.1. The molecule has 0 aliphatic rings. The van der Waals surface area contributed by atoms with Crippen molar-refractivity contribution in [2.24, 2.45) is 0 Å². The Hall–Kier alpha value is -4.94. The van der Waals surface area contributed by atoms with E-state index in [1.165, 1.54) is 0 Å². The fourth-order valence-electron chi connectivity index (χ4n) is 4.05. The number of hydrogen-bond donors (Lipinski definition) is 0. The smallest absolute Gasteiger partial charge is 0.0998 e. The molecule has 3 heteroatoms. The summed E-state index contributed by atoms with van der Waals surface area (Å²) < 4.78 is 0. The molecule has 5 aromatic rings. The molecule has 1 heterocycles. The fraction of sp³-hybridized carbons (Fsp3) is 0. The number of hydrogen-bond acceptors (Lipinski definition) is 3. The molecule has 0 aliphatic carbocycles. The number of allylic oxidation sites excluding steroid dienone is 1. The van der Waals surface area contributed by atoms with Crippen LogP contribution in [0.25, 0.3) is 22.8 Å². The van der Waals surface area contributed by atoms with Crippen molar-refractivity contribution in [2.45, 2.75) is 0 Å². The van der Waals surface area contributed by atoms with Crippen molar-refractivity contribution in [1.29, 1.82) is 5.26 Å². The standard InChI is InChI=1S/C32H23N3/c33-24-29(27-15-13-26(14-16-27)28-19-21-34-22-20-28)23-25-11-17-32(18-12-25)35(30-7-3-1-4-8-30)31-9-5-2-6-10-31/h1-23H/b29-23+. The minimum atomic E-state index is 0.627. The average molecular weight is 450 g/mol. The largest absolute Gasteiger partial charge is 0.311 e. The van der Waals surface area contributed by atoms with Crippen LogP contribution in [0.2, 0.25) is 0 Å². The Morgan fingerprint density at radius 1 is 0.600 bits per heavy atom. The third-order valence-electron chi connectivity index (χ3n) is 5.82. The Kier molecular flexibility index (Phi) is 6.46. The molecular weight excluding hydrogens is 426 g/mol. The van der Waals surface area contributed by atoms with Crippen LogP contribution in [0.3, 0.4) is 0 Å². The molecule has 166 valence electrons. The number of nitriles is 1. The van der Waals surface area contributed by atoms with Crippen molar-refractivity contribution < 1.29 is 0 Å². The Balaban J connectivity index is 1.43. The molecule has 5 rings (SSSR count). The van der Waals surface area contributed by atoms with Crippen LogP contribution >= 0.6 is 0 Å². The fourth-order valence-corrected chi connectivity index (χ4v) is 4.05. The number of aromatic nitrogens is 1. The number of pyridine rings is 1. The summed E-state index contributed by atoms with van der Waals surface area (Å²) in [4.78, 5) is 6.29. The molecule has 0 amide bonds. The first-order chi connectivity index (χ1) is 17.3. The monoisotopic (exact) mass is 449 g/mol. The summed E-state index contributed by atoms with van der Waals surface area (Å²) in [6.07, 6.45) is 5.50. The molecule has 0 bridgehead atoms. The molecule has 0 saturated carbocycles. The molecule has 0 saturated heterocycles. The van der Waals surface area contributed by atoms with Crippen LogP contribution in [-0.4, -0.2) is 4.98 Å². The highest BCUT2D eigenvalue weighted by molar-refractivity contribution is 5.90. The zero-order valence-electron chi connectivity index (χ0n) is 19.1. The first-order valence-corrected chi connectivity index (χ1v) is 11.4. The van der Waals surface area contributed by atoms with Crippen LogP contribution in [0.5, 0.6) is 0 Å². The summed E-state index contributed by atoms with van der Waals surface area (Å²) in [7, 11) is 0. The van der Waals surface area contributed by atoms with E-state index in [-0.39, 0.29) is 0 Å². The van der Waals surface area contributed by atoms with Crippen LogP contribution < -0.4 is 4.90 Å². The molecule has 1 aromatic heterocycles. The van der Waals surface area contributed by atoms with Gasteiger partial charge in [0.25, 0.3) is 0 Å². The van der Waals surface area contributed by atoms with E-state index in [1.807, 2.05) is 78.9 Å². The van der Waals surface area contributed by atoms with Gasteiger partial charge >= 0.3 is 0 Å². The van der Waals surface area contributed by atoms with Crippen molar-refractivity contribution in [3.63, 3.8) is 0 Å². The van der Waals surface area contributed by atoms with Gasteiger partial charge in [-0.15, -0.1) is 0 Å². The van der Waals surface area contributed by atoms with Gasteiger partial charge in [0.1, 0.15) is 0 Å². The molecule has 0 atom stereocenters. The highest BCUT2D eigenvalue weighted by Gasteiger charge is 2.11. The molecule has 0 aliphatic heterocycles. The Morgan fingerprint density at radius 3 is 1.66 bits per heavy atom. The summed E-state index contributed by atoms with van der Waals surface area (Å²) >= 11 is 0. The van der Waals surface area contributed by atoms with Crippen LogP contribution in [-0.2, 0) is 0 Å². The summed E-state index contributed by atoms with van der Waals surface area (Å²) in [5.41, 5.74) is 7.93.